The van der Waals surface area contributed by atoms with E-state index in [9.17, 15) is 0 Å². The molecular formula is C10H14ClN3O. The molecule has 1 N–H and O–H groups in total. The second-order valence-electron chi connectivity index (χ2n) is 3.84. The van der Waals surface area contributed by atoms with Gasteiger partial charge >= 0.3 is 0 Å². The van der Waals surface area contributed by atoms with Gasteiger partial charge < -0.3 is 10.0 Å². The summed E-state index contributed by atoms with van der Waals surface area (Å²) in [7, 11) is 0. The van der Waals surface area contributed by atoms with Crippen molar-refractivity contribution in [2.45, 2.75) is 12.8 Å². The summed E-state index contributed by atoms with van der Waals surface area (Å²) in [6.07, 6.45) is 5.37. The molecule has 0 amide bonds. The van der Waals surface area contributed by atoms with Gasteiger partial charge in [0.2, 0.25) is 5.95 Å². The van der Waals surface area contributed by atoms with Crippen molar-refractivity contribution >= 4 is 17.5 Å². The number of anilines is 1. The lowest BCUT2D eigenvalue weighted by Crippen LogP contribution is -2.37. The third kappa shape index (κ3) is 2.58. The first kappa shape index (κ1) is 10.6. The van der Waals surface area contributed by atoms with E-state index in [1.54, 1.807) is 12.4 Å². The summed E-state index contributed by atoms with van der Waals surface area (Å²) in [5.41, 5.74) is 0. The highest BCUT2D eigenvalue weighted by Gasteiger charge is 2.20. The van der Waals surface area contributed by atoms with Gasteiger partial charge in [-0.3, -0.25) is 0 Å². The molecule has 0 bridgehead atoms. The Morgan fingerprint density at radius 1 is 1.47 bits per heavy atom. The van der Waals surface area contributed by atoms with Crippen LogP contribution in [0, 0.1) is 5.92 Å². The van der Waals surface area contributed by atoms with Crippen LogP contribution in [0.15, 0.2) is 12.4 Å². The Bertz CT molecular complexity index is 317. The molecule has 1 saturated heterocycles. The summed E-state index contributed by atoms with van der Waals surface area (Å²) in [6.45, 7) is 2.03. The number of aliphatic hydroxyl groups is 1. The largest absolute Gasteiger partial charge is 0.396 e. The van der Waals surface area contributed by atoms with Crippen molar-refractivity contribution in [1.29, 1.82) is 0 Å². The molecular weight excluding hydrogens is 214 g/mol. The normalized spacial score (nSPS) is 21.7. The summed E-state index contributed by atoms with van der Waals surface area (Å²) >= 11 is 5.72. The lowest BCUT2D eigenvalue weighted by molar-refractivity contribution is 0.208. The van der Waals surface area contributed by atoms with Crippen LogP contribution in [0.1, 0.15) is 12.8 Å². The summed E-state index contributed by atoms with van der Waals surface area (Å²) in [5, 5.41) is 9.66. The zero-order valence-corrected chi connectivity index (χ0v) is 9.19. The van der Waals surface area contributed by atoms with Crippen LogP contribution in [0.5, 0.6) is 0 Å². The third-order valence-electron chi connectivity index (χ3n) is 2.67. The van der Waals surface area contributed by atoms with Crippen LogP contribution in [0.2, 0.25) is 5.02 Å². The summed E-state index contributed by atoms with van der Waals surface area (Å²) in [6, 6.07) is 0. The van der Waals surface area contributed by atoms with Crippen molar-refractivity contribution in [2.75, 3.05) is 24.6 Å². The molecule has 82 valence electrons. The SMILES string of the molecule is OCC1CCCN(c2ncc(Cl)cn2)C1. The van der Waals surface area contributed by atoms with Crippen LogP contribution < -0.4 is 4.90 Å². The number of rotatable bonds is 2. The lowest BCUT2D eigenvalue weighted by atomic mass is 9.99. The van der Waals surface area contributed by atoms with Crippen LogP contribution in [0.25, 0.3) is 0 Å². The van der Waals surface area contributed by atoms with E-state index in [1.807, 2.05) is 0 Å². The Morgan fingerprint density at radius 3 is 2.87 bits per heavy atom. The number of halogens is 1. The fourth-order valence-electron chi connectivity index (χ4n) is 1.86. The molecule has 1 aromatic rings. The standard InChI is InChI=1S/C10H14ClN3O/c11-9-4-12-10(13-5-9)14-3-1-2-8(6-14)7-15/h4-5,8,15H,1-3,6-7H2. The Morgan fingerprint density at radius 2 is 2.20 bits per heavy atom. The van der Waals surface area contributed by atoms with Crippen molar-refractivity contribution in [2.24, 2.45) is 5.92 Å². The molecule has 0 radical (unpaired) electrons. The van der Waals surface area contributed by atoms with E-state index in [2.05, 4.69) is 14.9 Å². The summed E-state index contributed by atoms with van der Waals surface area (Å²) in [5.74, 6) is 1.05. The van der Waals surface area contributed by atoms with Crippen molar-refractivity contribution in [3.63, 3.8) is 0 Å². The molecule has 1 unspecified atom stereocenters. The maximum absolute atomic E-state index is 9.11. The van der Waals surface area contributed by atoms with Crippen molar-refractivity contribution in [1.82, 2.24) is 9.97 Å². The molecule has 1 fully saturated rings. The second kappa shape index (κ2) is 4.77. The highest BCUT2D eigenvalue weighted by atomic mass is 35.5. The molecule has 2 heterocycles. The van der Waals surface area contributed by atoms with E-state index in [-0.39, 0.29) is 6.61 Å². The number of aromatic nitrogens is 2. The van der Waals surface area contributed by atoms with Gasteiger partial charge in [0, 0.05) is 19.7 Å². The van der Waals surface area contributed by atoms with Gasteiger partial charge in [-0.05, 0) is 18.8 Å². The molecule has 0 saturated carbocycles. The highest BCUT2D eigenvalue weighted by Crippen LogP contribution is 2.20. The first-order chi connectivity index (χ1) is 7.29. The summed E-state index contributed by atoms with van der Waals surface area (Å²) in [4.78, 5) is 10.4. The zero-order chi connectivity index (χ0) is 10.7. The lowest BCUT2D eigenvalue weighted by Gasteiger charge is -2.31. The van der Waals surface area contributed by atoms with Gasteiger partial charge in [-0.15, -0.1) is 0 Å². The van der Waals surface area contributed by atoms with Gasteiger partial charge in [-0.1, -0.05) is 11.6 Å². The van der Waals surface area contributed by atoms with Gasteiger partial charge in [-0.2, -0.15) is 0 Å². The monoisotopic (exact) mass is 227 g/mol. The number of nitrogens with zero attached hydrogens (tertiary/aromatic N) is 3. The quantitative estimate of drug-likeness (QED) is 0.829. The van der Waals surface area contributed by atoms with Gasteiger partial charge in [0.15, 0.2) is 0 Å². The van der Waals surface area contributed by atoms with E-state index >= 15 is 0 Å². The molecule has 0 aliphatic carbocycles. The average Bonchev–Trinajstić information content (AvgIpc) is 2.30. The molecule has 0 spiro atoms. The summed E-state index contributed by atoms with van der Waals surface area (Å²) < 4.78 is 0. The van der Waals surface area contributed by atoms with Gasteiger partial charge in [0.1, 0.15) is 0 Å². The van der Waals surface area contributed by atoms with E-state index in [0.717, 1.165) is 25.9 Å². The predicted molar refractivity (Wildman–Crippen MR) is 59.1 cm³/mol. The number of piperidine rings is 1. The first-order valence-electron chi connectivity index (χ1n) is 5.13. The number of hydrogen-bond acceptors (Lipinski definition) is 4. The van der Waals surface area contributed by atoms with Gasteiger partial charge in [0.05, 0.1) is 17.4 Å². The Kier molecular flexibility index (Phi) is 3.38. The van der Waals surface area contributed by atoms with Crippen LogP contribution >= 0.6 is 11.6 Å². The minimum Gasteiger partial charge on any atom is -0.396 e. The molecule has 1 aromatic heterocycles. The topological polar surface area (TPSA) is 49.2 Å². The molecule has 0 aromatic carbocycles. The number of aliphatic hydroxyl groups excluding tert-OH is 1. The van der Waals surface area contributed by atoms with E-state index in [0.29, 0.717) is 16.9 Å². The van der Waals surface area contributed by atoms with E-state index in [4.69, 9.17) is 16.7 Å². The van der Waals surface area contributed by atoms with Crippen LogP contribution in [0.4, 0.5) is 5.95 Å². The fraction of sp³-hybridized carbons (Fsp3) is 0.600. The van der Waals surface area contributed by atoms with Crippen molar-refractivity contribution in [3.8, 4) is 0 Å². The van der Waals surface area contributed by atoms with Crippen LogP contribution in [0.3, 0.4) is 0 Å². The van der Waals surface area contributed by atoms with Crippen LogP contribution in [-0.2, 0) is 0 Å². The second-order valence-corrected chi connectivity index (χ2v) is 4.27. The molecule has 4 nitrogen and oxygen atoms in total. The maximum Gasteiger partial charge on any atom is 0.225 e. The molecule has 1 atom stereocenters. The predicted octanol–water partition coefficient (Wildman–Crippen LogP) is 1.34. The number of hydrogen-bond donors (Lipinski definition) is 1. The van der Waals surface area contributed by atoms with Crippen LogP contribution in [-0.4, -0.2) is 34.8 Å². The average molecular weight is 228 g/mol. The fourth-order valence-corrected chi connectivity index (χ4v) is 1.96. The maximum atomic E-state index is 9.11. The zero-order valence-electron chi connectivity index (χ0n) is 8.43. The highest BCUT2D eigenvalue weighted by molar-refractivity contribution is 6.30. The Labute approximate surface area is 93.9 Å². The Balaban J connectivity index is 2.06. The molecule has 2 rings (SSSR count). The Hall–Kier alpha value is -0.870. The molecule has 1 aliphatic rings. The van der Waals surface area contributed by atoms with Gasteiger partial charge in [-0.25, -0.2) is 9.97 Å². The molecule has 5 heteroatoms. The van der Waals surface area contributed by atoms with E-state index < -0.39 is 0 Å². The third-order valence-corrected chi connectivity index (χ3v) is 2.86. The first-order valence-corrected chi connectivity index (χ1v) is 5.50. The van der Waals surface area contributed by atoms with Crippen molar-refractivity contribution in [3.05, 3.63) is 17.4 Å². The smallest absolute Gasteiger partial charge is 0.225 e. The minimum atomic E-state index is 0.240. The minimum absolute atomic E-state index is 0.240. The molecule has 15 heavy (non-hydrogen) atoms. The van der Waals surface area contributed by atoms with Crippen molar-refractivity contribution < 1.29 is 5.11 Å². The van der Waals surface area contributed by atoms with Gasteiger partial charge in [0.25, 0.3) is 0 Å². The molecule has 1 aliphatic heterocycles. The van der Waals surface area contributed by atoms with E-state index in [1.165, 1.54) is 0 Å².